The van der Waals surface area contributed by atoms with Gasteiger partial charge in [0.1, 0.15) is 0 Å². The first-order valence-corrected chi connectivity index (χ1v) is 16.9. The summed E-state index contributed by atoms with van der Waals surface area (Å²) >= 11 is 0. The average Bonchev–Trinajstić information content (AvgIpc) is 3.01. The van der Waals surface area contributed by atoms with E-state index in [9.17, 15) is 25.3 Å². The Bertz CT molecular complexity index is 1530. The molecule has 39 heavy (non-hydrogen) atoms. The van der Waals surface area contributed by atoms with Gasteiger partial charge in [-0.15, -0.1) is 8.83 Å². The lowest BCUT2D eigenvalue weighted by molar-refractivity contribution is 0.163. The molecule has 210 valence electrons. The first-order chi connectivity index (χ1) is 18.3. The van der Waals surface area contributed by atoms with E-state index in [0.717, 1.165) is 25.5 Å². The lowest BCUT2D eigenvalue weighted by atomic mass is 10.2. The third-order valence-corrected chi connectivity index (χ3v) is 12.2. The molecular formula is C27H33N3O6S3. The van der Waals surface area contributed by atoms with Crippen LogP contribution in [0.4, 0.5) is 0 Å². The minimum atomic E-state index is -4.28. The lowest BCUT2D eigenvalue weighted by Gasteiger charge is -2.32. The Balaban J connectivity index is 1.74. The molecule has 0 saturated carbocycles. The van der Waals surface area contributed by atoms with Gasteiger partial charge in [-0.3, -0.25) is 0 Å². The smallest absolute Gasteiger partial charge is 0.207 e. The Morgan fingerprint density at radius 2 is 0.718 bits per heavy atom. The van der Waals surface area contributed by atoms with Crippen LogP contribution < -0.4 is 0 Å². The third kappa shape index (κ3) is 6.26. The van der Waals surface area contributed by atoms with Gasteiger partial charge in [0, 0.05) is 26.2 Å². The number of hydrazine groups is 1. The van der Waals surface area contributed by atoms with E-state index >= 15 is 0 Å². The van der Waals surface area contributed by atoms with Crippen LogP contribution in [0.1, 0.15) is 29.5 Å². The van der Waals surface area contributed by atoms with Gasteiger partial charge in [-0.05, 0) is 70.0 Å². The second kappa shape index (κ2) is 11.5. The fourth-order valence-electron chi connectivity index (χ4n) is 4.34. The molecule has 0 spiro atoms. The first kappa shape index (κ1) is 29.4. The maximum absolute atomic E-state index is 13.8. The van der Waals surface area contributed by atoms with Crippen molar-refractivity contribution in [3.05, 3.63) is 89.5 Å². The molecule has 1 aliphatic rings. The van der Waals surface area contributed by atoms with Crippen LogP contribution in [-0.4, -0.2) is 64.6 Å². The summed E-state index contributed by atoms with van der Waals surface area (Å²) in [5.41, 5.74) is 2.64. The predicted molar refractivity (Wildman–Crippen MR) is 149 cm³/mol. The van der Waals surface area contributed by atoms with Crippen LogP contribution in [0.15, 0.2) is 87.5 Å². The molecule has 0 aliphatic carbocycles. The molecule has 0 amide bonds. The van der Waals surface area contributed by atoms with Crippen molar-refractivity contribution in [3.63, 3.8) is 0 Å². The summed E-state index contributed by atoms with van der Waals surface area (Å²) in [6.07, 6.45) is 0.187. The molecule has 12 heteroatoms. The van der Waals surface area contributed by atoms with E-state index in [4.69, 9.17) is 0 Å². The molecular weight excluding hydrogens is 559 g/mol. The average molecular weight is 592 g/mol. The van der Waals surface area contributed by atoms with Crippen LogP contribution in [0.25, 0.3) is 0 Å². The molecule has 0 atom stereocenters. The molecule has 3 aromatic carbocycles. The van der Waals surface area contributed by atoms with Gasteiger partial charge in [-0.2, -0.15) is 4.31 Å². The molecule has 0 N–H and O–H groups in total. The zero-order valence-corrected chi connectivity index (χ0v) is 24.6. The zero-order chi connectivity index (χ0) is 28.4. The highest BCUT2D eigenvalue weighted by atomic mass is 32.2. The van der Waals surface area contributed by atoms with Crippen LogP contribution in [0.2, 0.25) is 0 Å². The fourth-order valence-corrected chi connectivity index (χ4v) is 9.22. The number of hydrogen-bond donors (Lipinski definition) is 0. The normalized spacial score (nSPS) is 17.3. The van der Waals surface area contributed by atoms with E-state index in [-0.39, 0.29) is 53.7 Å². The van der Waals surface area contributed by atoms with Crippen molar-refractivity contribution in [2.24, 2.45) is 0 Å². The number of aryl methyl sites for hydroxylation is 3. The standard InChI is InChI=1S/C27H33N3O6S3/c1-22-6-12-25(13-7-22)37(31,32)28-18-4-20-29(38(33,34)26-14-8-23(2)9-15-26)30(21-5-19-28)39(35,36)27-16-10-24(3)11-17-27/h6-17H,4-5,18-21H2,1-3H3. The van der Waals surface area contributed by atoms with Gasteiger partial charge >= 0.3 is 0 Å². The van der Waals surface area contributed by atoms with Crippen molar-refractivity contribution in [2.45, 2.75) is 48.3 Å². The van der Waals surface area contributed by atoms with Gasteiger partial charge < -0.3 is 0 Å². The highest BCUT2D eigenvalue weighted by Crippen LogP contribution is 2.27. The summed E-state index contributed by atoms with van der Waals surface area (Å²) in [4.78, 5) is 0.0572. The molecule has 0 bridgehead atoms. The Kier molecular flexibility index (Phi) is 8.64. The number of rotatable bonds is 6. The molecule has 1 saturated heterocycles. The highest BCUT2D eigenvalue weighted by Gasteiger charge is 2.39. The Hall–Kier alpha value is -2.61. The van der Waals surface area contributed by atoms with Gasteiger partial charge in [0.05, 0.1) is 14.7 Å². The Morgan fingerprint density at radius 3 is 1.03 bits per heavy atom. The molecule has 0 aromatic heterocycles. The second-order valence-electron chi connectivity index (χ2n) is 9.65. The number of nitrogens with zero attached hydrogens (tertiary/aromatic N) is 3. The first-order valence-electron chi connectivity index (χ1n) is 12.6. The third-order valence-electron chi connectivity index (χ3n) is 6.61. The Labute approximate surface area is 231 Å². The molecule has 1 heterocycles. The van der Waals surface area contributed by atoms with Crippen molar-refractivity contribution < 1.29 is 25.3 Å². The molecule has 1 aliphatic heterocycles. The van der Waals surface area contributed by atoms with Gasteiger partial charge in [0.2, 0.25) is 10.0 Å². The van der Waals surface area contributed by atoms with Crippen LogP contribution in [0, 0.1) is 20.8 Å². The minimum Gasteiger partial charge on any atom is -0.207 e. The summed E-state index contributed by atoms with van der Waals surface area (Å²) in [7, 11) is -12.4. The number of sulfonamides is 3. The SMILES string of the molecule is Cc1ccc(S(=O)(=O)N2CCCN(S(=O)(=O)c3ccc(C)cc3)N(S(=O)(=O)c3ccc(C)cc3)CCC2)cc1. The summed E-state index contributed by atoms with van der Waals surface area (Å²) in [5, 5.41) is 0. The van der Waals surface area contributed by atoms with Gasteiger partial charge in [-0.1, -0.05) is 53.1 Å². The molecule has 0 radical (unpaired) electrons. The van der Waals surface area contributed by atoms with Gasteiger partial charge in [0.15, 0.2) is 0 Å². The molecule has 1 fully saturated rings. The van der Waals surface area contributed by atoms with Gasteiger partial charge in [0.25, 0.3) is 20.0 Å². The van der Waals surface area contributed by atoms with E-state index in [1.165, 1.54) is 28.6 Å². The largest absolute Gasteiger partial charge is 0.256 e. The molecule has 4 rings (SSSR count). The van der Waals surface area contributed by atoms with E-state index in [2.05, 4.69) is 0 Å². The van der Waals surface area contributed by atoms with Crippen molar-refractivity contribution >= 4 is 30.1 Å². The summed E-state index contributed by atoms with van der Waals surface area (Å²) in [6.45, 7) is 5.15. The number of benzene rings is 3. The minimum absolute atomic E-state index is 0.0363. The van der Waals surface area contributed by atoms with E-state index in [1.54, 1.807) is 48.5 Å². The van der Waals surface area contributed by atoms with E-state index < -0.39 is 30.1 Å². The lowest BCUT2D eigenvalue weighted by Crippen LogP contribution is -2.50. The van der Waals surface area contributed by atoms with Gasteiger partial charge in [-0.25, -0.2) is 25.3 Å². The molecule has 9 nitrogen and oxygen atoms in total. The molecule has 0 unspecified atom stereocenters. The van der Waals surface area contributed by atoms with Crippen LogP contribution in [0.5, 0.6) is 0 Å². The van der Waals surface area contributed by atoms with E-state index in [1.807, 2.05) is 20.8 Å². The maximum atomic E-state index is 13.8. The van der Waals surface area contributed by atoms with Crippen molar-refractivity contribution in [1.29, 1.82) is 0 Å². The predicted octanol–water partition coefficient (Wildman–Crippen LogP) is 3.69. The summed E-state index contributed by atoms with van der Waals surface area (Å²) in [6, 6.07) is 18.9. The van der Waals surface area contributed by atoms with Crippen molar-refractivity contribution in [2.75, 3.05) is 26.2 Å². The quantitative estimate of drug-likeness (QED) is 0.432. The Morgan fingerprint density at radius 1 is 0.436 bits per heavy atom. The second-order valence-corrected chi connectivity index (χ2v) is 15.3. The highest BCUT2D eigenvalue weighted by molar-refractivity contribution is 7.92. The topological polar surface area (TPSA) is 112 Å². The van der Waals surface area contributed by atoms with Crippen molar-refractivity contribution in [1.82, 2.24) is 13.1 Å². The summed E-state index contributed by atoms with van der Waals surface area (Å²) < 4.78 is 85.2. The zero-order valence-electron chi connectivity index (χ0n) is 22.2. The monoisotopic (exact) mass is 591 g/mol. The van der Waals surface area contributed by atoms with Crippen LogP contribution in [-0.2, 0) is 30.1 Å². The van der Waals surface area contributed by atoms with Crippen LogP contribution in [0.3, 0.4) is 0 Å². The van der Waals surface area contributed by atoms with E-state index in [0.29, 0.717) is 0 Å². The molecule has 3 aromatic rings. The summed E-state index contributed by atoms with van der Waals surface area (Å²) in [5.74, 6) is 0. The van der Waals surface area contributed by atoms with Crippen LogP contribution >= 0.6 is 0 Å². The fraction of sp³-hybridized carbons (Fsp3) is 0.333. The maximum Gasteiger partial charge on any atom is 0.256 e. The number of hydrogen-bond acceptors (Lipinski definition) is 6. The van der Waals surface area contributed by atoms with Crippen molar-refractivity contribution in [3.8, 4) is 0 Å².